The fourth-order valence-electron chi connectivity index (χ4n) is 4.93. The molecule has 2 aliphatic carbocycles. The van der Waals surface area contributed by atoms with Crippen molar-refractivity contribution in [2.45, 2.75) is 76.4 Å². The molecule has 2 fully saturated rings. The summed E-state index contributed by atoms with van der Waals surface area (Å²) in [5.74, 6) is -1.25. The van der Waals surface area contributed by atoms with Crippen LogP contribution in [0, 0.1) is 17.3 Å². The van der Waals surface area contributed by atoms with Gasteiger partial charge in [0.2, 0.25) is 0 Å². The summed E-state index contributed by atoms with van der Waals surface area (Å²) >= 11 is 7.63. The fraction of sp³-hybridized carbons (Fsp3) is 0.600. The summed E-state index contributed by atoms with van der Waals surface area (Å²) in [6.45, 7) is 0. The Hall–Kier alpha value is -1.47. The van der Waals surface area contributed by atoms with E-state index in [1.54, 1.807) is 11.3 Å². The van der Waals surface area contributed by atoms with Crippen molar-refractivity contribution in [3.8, 4) is 0 Å². The predicted molar refractivity (Wildman–Crippen MR) is 127 cm³/mol. The summed E-state index contributed by atoms with van der Waals surface area (Å²) in [6, 6.07) is 3.94. The van der Waals surface area contributed by atoms with Crippen LogP contribution in [0.1, 0.15) is 62.7 Å². The van der Waals surface area contributed by atoms with Crippen LogP contribution >= 0.6 is 22.9 Å². The topological polar surface area (TPSA) is 94.8 Å². The monoisotopic (exact) mass is 480 g/mol. The van der Waals surface area contributed by atoms with Crippen LogP contribution in [0.4, 0.5) is 0 Å². The summed E-state index contributed by atoms with van der Waals surface area (Å²) in [5.41, 5.74) is -0.110. The molecule has 2 saturated carbocycles. The molecule has 0 amide bonds. The standard InChI is InChI=1S/C25H33ClO5S/c26-23-12-11-17(32-23)16-25(13-6-14-25)22(29)9-5-8-19-18(20(27)15-21(19)28)7-3-1-2-4-10-24(30)31/h1,3,5,8,11-12,18-19,21-22,28-29H,2,4,6-7,9-10,13-16H2,(H,30,31)/b3-1-,8-5+/t18-,19-,21-,22?/m1/s1. The Morgan fingerprint density at radius 3 is 2.69 bits per heavy atom. The second kappa shape index (κ2) is 11.6. The number of carboxylic acid groups (broad SMARTS) is 1. The summed E-state index contributed by atoms with van der Waals surface area (Å²) in [5, 5.41) is 30.0. The molecule has 1 heterocycles. The van der Waals surface area contributed by atoms with E-state index in [1.165, 1.54) is 4.88 Å². The van der Waals surface area contributed by atoms with E-state index in [4.69, 9.17) is 16.7 Å². The number of ketones is 1. The van der Waals surface area contributed by atoms with Crippen molar-refractivity contribution in [1.29, 1.82) is 0 Å². The lowest BCUT2D eigenvalue weighted by atomic mass is 9.62. The number of aliphatic hydroxyl groups is 2. The molecule has 7 heteroatoms. The van der Waals surface area contributed by atoms with E-state index in [9.17, 15) is 19.8 Å². The Balaban J connectivity index is 1.53. The molecule has 2 aliphatic rings. The molecule has 1 aromatic heterocycles. The van der Waals surface area contributed by atoms with Gasteiger partial charge in [0, 0.05) is 35.0 Å². The van der Waals surface area contributed by atoms with Gasteiger partial charge in [-0.05, 0) is 57.1 Å². The molecule has 0 aromatic carbocycles. The highest BCUT2D eigenvalue weighted by Gasteiger charge is 2.43. The van der Waals surface area contributed by atoms with Crippen molar-refractivity contribution in [3.63, 3.8) is 0 Å². The first kappa shape index (κ1) is 25.2. The minimum atomic E-state index is -0.803. The van der Waals surface area contributed by atoms with E-state index in [0.717, 1.165) is 30.0 Å². The molecule has 1 aromatic rings. The number of aliphatic hydroxyl groups excluding tert-OH is 2. The van der Waals surface area contributed by atoms with E-state index in [2.05, 4.69) is 0 Å². The zero-order valence-corrected chi connectivity index (χ0v) is 19.9. The lowest BCUT2D eigenvalue weighted by Gasteiger charge is -2.45. The van der Waals surface area contributed by atoms with Gasteiger partial charge < -0.3 is 15.3 Å². The highest BCUT2D eigenvalue weighted by atomic mass is 35.5. The molecule has 5 nitrogen and oxygen atoms in total. The summed E-state index contributed by atoms with van der Waals surface area (Å²) in [6.07, 6.45) is 13.1. The van der Waals surface area contributed by atoms with Gasteiger partial charge in [-0.1, -0.05) is 42.3 Å². The molecule has 3 N–H and O–H groups in total. The predicted octanol–water partition coefficient (Wildman–Crippen LogP) is 5.19. The maximum Gasteiger partial charge on any atom is 0.303 e. The second-order valence-corrected chi connectivity index (χ2v) is 11.0. The lowest BCUT2D eigenvalue weighted by molar-refractivity contribution is -0.137. The van der Waals surface area contributed by atoms with Crippen molar-refractivity contribution >= 4 is 34.7 Å². The molecule has 0 radical (unpaired) electrons. The first-order valence-electron chi connectivity index (χ1n) is 11.5. The SMILES string of the molecule is O=C(O)CCC/C=C\C[C@H]1C(=O)C[C@@H](O)[C@@H]1/C=C/CC(O)C1(Cc2ccc(Cl)s2)CCC1. The Morgan fingerprint density at radius 1 is 1.28 bits per heavy atom. The number of carbonyl (C=O) groups is 2. The van der Waals surface area contributed by atoms with Crippen molar-refractivity contribution in [1.82, 2.24) is 0 Å². The van der Waals surface area contributed by atoms with Gasteiger partial charge >= 0.3 is 5.97 Å². The van der Waals surface area contributed by atoms with Crippen molar-refractivity contribution in [3.05, 3.63) is 45.7 Å². The minimum Gasteiger partial charge on any atom is -0.481 e. The van der Waals surface area contributed by atoms with E-state index < -0.39 is 18.2 Å². The van der Waals surface area contributed by atoms with Crippen molar-refractivity contribution < 1.29 is 24.9 Å². The number of Topliss-reactive ketones (excluding diaryl/α,β-unsaturated/α-hetero) is 1. The molecular formula is C25H33ClO5S. The average molecular weight is 481 g/mol. The number of hydrogen-bond donors (Lipinski definition) is 3. The van der Waals surface area contributed by atoms with Gasteiger partial charge in [-0.15, -0.1) is 11.3 Å². The third kappa shape index (κ3) is 6.53. The number of carboxylic acids is 1. The number of rotatable bonds is 12. The van der Waals surface area contributed by atoms with Crippen LogP contribution in [-0.4, -0.2) is 39.3 Å². The number of allylic oxidation sites excluding steroid dienone is 2. The van der Waals surface area contributed by atoms with Crippen molar-refractivity contribution in [2.75, 3.05) is 0 Å². The summed E-state index contributed by atoms with van der Waals surface area (Å²) in [7, 11) is 0. The molecule has 0 saturated heterocycles. The molecule has 0 spiro atoms. The van der Waals surface area contributed by atoms with Gasteiger partial charge in [-0.25, -0.2) is 0 Å². The maximum atomic E-state index is 12.4. The quantitative estimate of drug-likeness (QED) is 0.282. The van der Waals surface area contributed by atoms with E-state index in [-0.39, 0.29) is 35.9 Å². The third-order valence-electron chi connectivity index (χ3n) is 6.98. The minimum absolute atomic E-state index is 0.0629. The Morgan fingerprint density at radius 2 is 2.06 bits per heavy atom. The fourth-order valence-corrected chi connectivity index (χ4v) is 6.17. The van der Waals surface area contributed by atoms with Gasteiger partial charge in [-0.3, -0.25) is 9.59 Å². The van der Waals surface area contributed by atoms with Crippen LogP contribution in [0.3, 0.4) is 0 Å². The molecular weight excluding hydrogens is 448 g/mol. The number of halogens is 1. The molecule has 176 valence electrons. The summed E-state index contributed by atoms with van der Waals surface area (Å²) in [4.78, 5) is 24.1. The van der Waals surface area contributed by atoms with Gasteiger partial charge in [0.25, 0.3) is 0 Å². The van der Waals surface area contributed by atoms with Crippen LogP contribution in [-0.2, 0) is 16.0 Å². The molecule has 32 heavy (non-hydrogen) atoms. The normalized spacial score (nSPS) is 26.1. The van der Waals surface area contributed by atoms with Crippen molar-refractivity contribution in [2.24, 2.45) is 17.3 Å². The van der Waals surface area contributed by atoms with E-state index >= 15 is 0 Å². The molecule has 1 unspecified atom stereocenters. The van der Waals surface area contributed by atoms with Gasteiger partial charge in [0.1, 0.15) is 5.78 Å². The number of unbranched alkanes of at least 4 members (excludes halogenated alkanes) is 1. The van der Waals surface area contributed by atoms with Crippen LogP contribution in [0.2, 0.25) is 4.34 Å². The Labute approximate surface area is 198 Å². The zero-order chi connectivity index (χ0) is 23.1. The number of thiophene rings is 1. The maximum absolute atomic E-state index is 12.4. The first-order valence-corrected chi connectivity index (χ1v) is 12.7. The molecule has 4 atom stereocenters. The third-order valence-corrected chi connectivity index (χ3v) is 8.21. The van der Waals surface area contributed by atoms with Crippen LogP contribution in [0.15, 0.2) is 36.4 Å². The number of carbonyl (C=O) groups excluding carboxylic acids is 1. The Bertz CT molecular complexity index is 841. The highest BCUT2D eigenvalue weighted by Crippen LogP contribution is 2.48. The van der Waals surface area contributed by atoms with Crippen LogP contribution < -0.4 is 0 Å². The number of aliphatic carboxylic acids is 1. The van der Waals surface area contributed by atoms with Gasteiger partial charge in [0.15, 0.2) is 0 Å². The average Bonchev–Trinajstić information content (AvgIpc) is 3.23. The van der Waals surface area contributed by atoms with Gasteiger partial charge in [0.05, 0.1) is 16.5 Å². The smallest absolute Gasteiger partial charge is 0.303 e. The molecule has 3 rings (SSSR count). The summed E-state index contributed by atoms with van der Waals surface area (Å²) < 4.78 is 0.769. The number of hydrogen-bond acceptors (Lipinski definition) is 5. The first-order chi connectivity index (χ1) is 15.3. The lowest BCUT2D eigenvalue weighted by Crippen LogP contribution is -2.42. The van der Waals surface area contributed by atoms with E-state index in [0.29, 0.717) is 25.7 Å². The van der Waals surface area contributed by atoms with Gasteiger partial charge in [-0.2, -0.15) is 0 Å². The van der Waals surface area contributed by atoms with Crippen LogP contribution in [0.25, 0.3) is 0 Å². The highest BCUT2D eigenvalue weighted by molar-refractivity contribution is 7.16. The van der Waals surface area contributed by atoms with E-state index in [1.807, 2.05) is 36.4 Å². The Kier molecular flexibility index (Phi) is 9.12. The molecule has 0 bridgehead atoms. The molecule has 0 aliphatic heterocycles. The second-order valence-electron chi connectivity index (χ2n) is 9.19. The van der Waals surface area contributed by atoms with Crippen LogP contribution in [0.5, 0.6) is 0 Å². The largest absolute Gasteiger partial charge is 0.481 e. The zero-order valence-electron chi connectivity index (χ0n) is 18.3.